The van der Waals surface area contributed by atoms with Crippen molar-refractivity contribution >= 4 is 48.3 Å². The van der Waals surface area contributed by atoms with Crippen molar-refractivity contribution in [2.24, 2.45) is 0 Å². The summed E-state index contributed by atoms with van der Waals surface area (Å²) in [6, 6.07) is 13.2. The van der Waals surface area contributed by atoms with E-state index in [2.05, 4.69) is 15.0 Å². The van der Waals surface area contributed by atoms with Crippen LogP contribution in [0.25, 0.3) is 10.2 Å². The van der Waals surface area contributed by atoms with Gasteiger partial charge in [-0.15, -0.1) is 0 Å². The minimum atomic E-state index is -3.64. The number of carbonyl (C=O) groups excluding carboxylic acids is 1. The molecule has 3 rings (SSSR count). The average Bonchev–Trinajstić information content (AvgIpc) is 2.88. The van der Waals surface area contributed by atoms with Gasteiger partial charge in [0.1, 0.15) is 0 Å². The van der Waals surface area contributed by atoms with Gasteiger partial charge in [-0.25, -0.2) is 13.4 Å². The molecule has 0 radical (unpaired) electrons. The van der Waals surface area contributed by atoms with Crippen LogP contribution in [0.5, 0.6) is 0 Å². The fraction of sp³-hybridized carbons (Fsp3) is 0.0667. The summed E-state index contributed by atoms with van der Waals surface area (Å²) in [5, 5.41) is 3.10. The van der Waals surface area contributed by atoms with E-state index in [0.717, 1.165) is 4.70 Å². The SMILES string of the molecule is CC(=O)Nc1nc2cc(NS(=O)(=O)c3ccccc3)ccc2s1. The van der Waals surface area contributed by atoms with E-state index < -0.39 is 10.0 Å². The number of nitrogens with zero attached hydrogens (tertiary/aromatic N) is 1. The van der Waals surface area contributed by atoms with Gasteiger partial charge in [-0.3, -0.25) is 9.52 Å². The monoisotopic (exact) mass is 347 g/mol. The van der Waals surface area contributed by atoms with E-state index in [0.29, 0.717) is 16.3 Å². The van der Waals surface area contributed by atoms with Gasteiger partial charge in [0, 0.05) is 6.92 Å². The molecular weight excluding hydrogens is 334 g/mol. The summed E-state index contributed by atoms with van der Waals surface area (Å²) >= 11 is 1.33. The second-order valence-electron chi connectivity index (χ2n) is 4.80. The number of amides is 1. The Morgan fingerprint density at radius 3 is 2.57 bits per heavy atom. The number of benzene rings is 2. The zero-order valence-corrected chi connectivity index (χ0v) is 13.7. The fourth-order valence-electron chi connectivity index (χ4n) is 2.01. The van der Waals surface area contributed by atoms with Crippen molar-refractivity contribution in [3.63, 3.8) is 0 Å². The van der Waals surface area contributed by atoms with E-state index in [4.69, 9.17) is 0 Å². The van der Waals surface area contributed by atoms with Crippen LogP contribution in [-0.4, -0.2) is 19.3 Å². The highest BCUT2D eigenvalue weighted by molar-refractivity contribution is 7.92. The normalized spacial score (nSPS) is 11.3. The fourth-order valence-corrected chi connectivity index (χ4v) is 3.97. The standard InChI is InChI=1S/C15H13N3O3S2/c1-10(19)16-15-17-13-9-11(7-8-14(13)22-15)18-23(20,21)12-5-3-2-4-6-12/h2-9,18H,1H3,(H,16,17,19). The minimum Gasteiger partial charge on any atom is -0.302 e. The Hall–Kier alpha value is -2.45. The average molecular weight is 347 g/mol. The first-order valence-corrected chi connectivity index (χ1v) is 9.00. The van der Waals surface area contributed by atoms with Crippen LogP contribution in [0.4, 0.5) is 10.8 Å². The molecule has 0 aliphatic rings. The highest BCUT2D eigenvalue weighted by Crippen LogP contribution is 2.28. The van der Waals surface area contributed by atoms with Crippen LogP contribution in [0.15, 0.2) is 53.4 Å². The molecule has 1 amide bonds. The van der Waals surface area contributed by atoms with E-state index in [-0.39, 0.29) is 10.8 Å². The lowest BCUT2D eigenvalue weighted by Crippen LogP contribution is -2.12. The van der Waals surface area contributed by atoms with Crippen LogP contribution in [0.3, 0.4) is 0 Å². The zero-order valence-electron chi connectivity index (χ0n) is 12.1. The van der Waals surface area contributed by atoms with Gasteiger partial charge in [0.25, 0.3) is 10.0 Å². The quantitative estimate of drug-likeness (QED) is 0.759. The molecular formula is C15H13N3O3S2. The maximum atomic E-state index is 12.3. The first-order valence-electron chi connectivity index (χ1n) is 6.70. The van der Waals surface area contributed by atoms with E-state index in [1.807, 2.05) is 0 Å². The topological polar surface area (TPSA) is 88.2 Å². The number of nitrogens with one attached hydrogen (secondary N) is 2. The predicted molar refractivity (Wildman–Crippen MR) is 91.2 cm³/mol. The Labute approximate surface area is 137 Å². The number of thiazole rings is 1. The first-order chi connectivity index (χ1) is 10.9. The molecule has 118 valence electrons. The largest absolute Gasteiger partial charge is 0.302 e. The number of fused-ring (bicyclic) bond motifs is 1. The molecule has 2 aromatic carbocycles. The van der Waals surface area contributed by atoms with Gasteiger partial charge in [0.05, 0.1) is 20.8 Å². The summed E-state index contributed by atoms with van der Waals surface area (Å²) in [5.74, 6) is -0.200. The maximum absolute atomic E-state index is 12.3. The van der Waals surface area contributed by atoms with Crippen LogP contribution in [0, 0.1) is 0 Å². The molecule has 0 spiro atoms. The molecule has 6 nitrogen and oxygen atoms in total. The molecule has 1 aromatic heterocycles. The van der Waals surface area contributed by atoms with Crippen molar-refractivity contribution < 1.29 is 13.2 Å². The summed E-state index contributed by atoms with van der Waals surface area (Å²) < 4.78 is 28.0. The Balaban J connectivity index is 1.90. The maximum Gasteiger partial charge on any atom is 0.261 e. The minimum absolute atomic E-state index is 0.192. The van der Waals surface area contributed by atoms with Gasteiger partial charge in [-0.05, 0) is 30.3 Å². The number of hydrogen-bond donors (Lipinski definition) is 2. The second-order valence-corrected chi connectivity index (χ2v) is 7.51. The van der Waals surface area contributed by atoms with E-state index in [1.54, 1.807) is 36.4 Å². The van der Waals surface area contributed by atoms with Gasteiger partial charge in [-0.2, -0.15) is 0 Å². The van der Waals surface area contributed by atoms with Crippen molar-refractivity contribution in [3.05, 3.63) is 48.5 Å². The molecule has 0 saturated carbocycles. The second kappa shape index (κ2) is 5.98. The lowest BCUT2D eigenvalue weighted by Gasteiger charge is -2.07. The van der Waals surface area contributed by atoms with Crippen molar-refractivity contribution in [1.82, 2.24) is 4.98 Å². The number of aromatic nitrogens is 1. The lowest BCUT2D eigenvalue weighted by atomic mass is 10.3. The summed E-state index contributed by atoms with van der Waals surface area (Å²) in [6.07, 6.45) is 0. The molecule has 0 saturated heterocycles. The van der Waals surface area contributed by atoms with Crippen LogP contribution < -0.4 is 10.0 Å². The molecule has 0 fully saturated rings. The van der Waals surface area contributed by atoms with Gasteiger partial charge in [0.2, 0.25) is 5.91 Å². The highest BCUT2D eigenvalue weighted by atomic mass is 32.2. The molecule has 1 heterocycles. The molecule has 0 aliphatic carbocycles. The van der Waals surface area contributed by atoms with Gasteiger partial charge in [0.15, 0.2) is 5.13 Å². The third-order valence-corrected chi connectivity index (χ3v) is 5.33. The van der Waals surface area contributed by atoms with Crippen molar-refractivity contribution in [2.75, 3.05) is 10.0 Å². The van der Waals surface area contributed by atoms with E-state index in [1.165, 1.54) is 30.4 Å². The first kappa shape index (κ1) is 15.4. The Kier molecular flexibility index (Phi) is 4.01. The van der Waals surface area contributed by atoms with Crippen LogP contribution in [-0.2, 0) is 14.8 Å². The van der Waals surface area contributed by atoms with Gasteiger partial charge < -0.3 is 5.32 Å². The van der Waals surface area contributed by atoms with Gasteiger partial charge in [-0.1, -0.05) is 29.5 Å². The van der Waals surface area contributed by atoms with Crippen molar-refractivity contribution in [1.29, 1.82) is 0 Å². The molecule has 3 aromatic rings. The van der Waals surface area contributed by atoms with Crippen LogP contribution >= 0.6 is 11.3 Å². The lowest BCUT2D eigenvalue weighted by molar-refractivity contribution is -0.114. The van der Waals surface area contributed by atoms with Crippen molar-refractivity contribution in [2.45, 2.75) is 11.8 Å². The molecule has 8 heteroatoms. The van der Waals surface area contributed by atoms with E-state index >= 15 is 0 Å². The molecule has 0 aliphatic heterocycles. The van der Waals surface area contributed by atoms with Crippen molar-refractivity contribution in [3.8, 4) is 0 Å². The molecule has 0 unspecified atom stereocenters. The third kappa shape index (κ3) is 3.49. The summed E-state index contributed by atoms with van der Waals surface area (Å²) in [5.41, 5.74) is 1.04. The summed E-state index contributed by atoms with van der Waals surface area (Å²) in [4.78, 5) is 15.5. The zero-order chi connectivity index (χ0) is 16.4. The summed E-state index contributed by atoms with van der Waals surface area (Å²) in [7, 11) is -3.64. The number of hydrogen-bond acceptors (Lipinski definition) is 5. The number of rotatable bonds is 4. The summed E-state index contributed by atoms with van der Waals surface area (Å²) in [6.45, 7) is 1.41. The molecule has 23 heavy (non-hydrogen) atoms. The van der Waals surface area contributed by atoms with Crippen LogP contribution in [0.2, 0.25) is 0 Å². The number of carbonyl (C=O) groups is 1. The third-order valence-electron chi connectivity index (χ3n) is 2.98. The molecule has 2 N–H and O–H groups in total. The number of sulfonamides is 1. The Morgan fingerprint density at radius 2 is 1.87 bits per heavy atom. The molecule has 0 bridgehead atoms. The molecule has 0 atom stereocenters. The smallest absolute Gasteiger partial charge is 0.261 e. The van der Waals surface area contributed by atoms with Gasteiger partial charge >= 0.3 is 0 Å². The highest BCUT2D eigenvalue weighted by Gasteiger charge is 2.14. The predicted octanol–water partition coefficient (Wildman–Crippen LogP) is 3.06. The number of anilines is 2. The van der Waals surface area contributed by atoms with E-state index in [9.17, 15) is 13.2 Å². The Morgan fingerprint density at radius 1 is 1.13 bits per heavy atom. The Bertz CT molecular complexity index is 966. The van der Waals surface area contributed by atoms with Crippen LogP contribution in [0.1, 0.15) is 6.92 Å².